The summed E-state index contributed by atoms with van der Waals surface area (Å²) in [6.07, 6.45) is 7.32. The van der Waals surface area contributed by atoms with E-state index in [9.17, 15) is 0 Å². The molecule has 2 heteroatoms. The number of hydrogen-bond acceptors (Lipinski definition) is 2. The first-order valence-electron chi connectivity index (χ1n) is 3.57. The van der Waals surface area contributed by atoms with Crippen LogP contribution in [-0.2, 0) is 0 Å². The molecule has 0 aromatic heterocycles. The maximum absolute atomic E-state index is 4.18. The van der Waals surface area contributed by atoms with Gasteiger partial charge in [-0.1, -0.05) is 12.2 Å². The van der Waals surface area contributed by atoms with E-state index in [1.165, 1.54) is 11.3 Å². The Morgan fingerprint density at radius 3 is 3.40 bits per heavy atom. The van der Waals surface area contributed by atoms with Crippen molar-refractivity contribution in [1.29, 1.82) is 0 Å². The van der Waals surface area contributed by atoms with E-state index < -0.39 is 0 Å². The predicted molar refractivity (Wildman–Crippen MR) is 42.1 cm³/mol. The maximum Gasteiger partial charge on any atom is 0.0785 e. The first kappa shape index (κ1) is 5.71. The number of allylic oxidation sites excluding steroid dienone is 2. The topological polar surface area (TPSA) is 24.4 Å². The number of aliphatic imine (C=N–C) groups is 1. The third-order valence-electron chi connectivity index (χ3n) is 1.83. The normalized spacial score (nSPS) is 22.4. The number of rotatable bonds is 0. The van der Waals surface area contributed by atoms with Crippen molar-refractivity contribution in [2.24, 2.45) is 4.99 Å². The third kappa shape index (κ3) is 0.856. The summed E-state index contributed by atoms with van der Waals surface area (Å²) in [4.78, 5) is 4.18. The van der Waals surface area contributed by atoms with Crippen LogP contribution in [-0.4, -0.2) is 19.3 Å². The van der Waals surface area contributed by atoms with Crippen LogP contribution in [0.4, 0.5) is 0 Å². The van der Waals surface area contributed by atoms with Gasteiger partial charge in [-0.05, 0) is 5.57 Å². The summed E-state index contributed by atoms with van der Waals surface area (Å²) in [7, 11) is 0. The van der Waals surface area contributed by atoms with Gasteiger partial charge in [0.05, 0.1) is 6.54 Å². The molecule has 2 heterocycles. The van der Waals surface area contributed by atoms with Crippen molar-refractivity contribution in [3.05, 3.63) is 23.4 Å². The molecule has 0 amide bonds. The summed E-state index contributed by atoms with van der Waals surface area (Å²) in [6.45, 7) is 1.81. The Morgan fingerprint density at radius 1 is 1.50 bits per heavy atom. The average molecular weight is 134 g/mol. The van der Waals surface area contributed by atoms with E-state index in [0.29, 0.717) is 0 Å². The molecular formula is C8H10N2. The molecule has 0 aromatic carbocycles. The van der Waals surface area contributed by atoms with E-state index in [-0.39, 0.29) is 0 Å². The molecule has 2 nitrogen and oxygen atoms in total. The van der Waals surface area contributed by atoms with Crippen molar-refractivity contribution in [3.8, 4) is 0 Å². The molecule has 0 bridgehead atoms. The fourth-order valence-electron chi connectivity index (χ4n) is 1.26. The molecule has 0 atom stereocenters. The van der Waals surface area contributed by atoms with Gasteiger partial charge in [0.1, 0.15) is 0 Å². The Morgan fingerprint density at radius 2 is 2.50 bits per heavy atom. The van der Waals surface area contributed by atoms with E-state index in [4.69, 9.17) is 0 Å². The molecule has 0 saturated heterocycles. The fraction of sp³-hybridized carbons (Fsp3) is 0.375. The van der Waals surface area contributed by atoms with Crippen LogP contribution in [0.5, 0.6) is 0 Å². The van der Waals surface area contributed by atoms with Crippen molar-refractivity contribution in [2.45, 2.75) is 6.42 Å². The molecule has 0 fully saturated rings. The molecular weight excluding hydrogens is 124 g/mol. The van der Waals surface area contributed by atoms with Gasteiger partial charge in [0.2, 0.25) is 0 Å². The summed E-state index contributed by atoms with van der Waals surface area (Å²) in [5, 5.41) is 3.30. The summed E-state index contributed by atoms with van der Waals surface area (Å²) in [5.41, 5.74) is 2.71. The number of nitrogens with one attached hydrogen (secondary N) is 1. The highest BCUT2D eigenvalue weighted by Gasteiger charge is 2.08. The quantitative estimate of drug-likeness (QED) is 0.522. The van der Waals surface area contributed by atoms with E-state index in [1.807, 2.05) is 6.21 Å². The molecule has 0 unspecified atom stereocenters. The van der Waals surface area contributed by atoms with E-state index in [0.717, 1.165) is 19.5 Å². The van der Waals surface area contributed by atoms with Crippen LogP contribution in [0.3, 0.4) is 0 Å². The average Bonchev–Trinajstić information content (AvgIpc) is 2.05. The maximum atomic E-state index is 4.18. The largest absolute Gasteiger partial charge is 0.383 e. The predicted octanol–water partition coefficient (Wildman–Crippen LogP) is 0.874. The lowest BCUT2D eigenvalue weighted by molar-refractivity contribution is 0.819. The Hall–Kier alpha value is -1.05. The summed E-state index contributed by atoms with van der Waals surface area (Å²) < 4.78 is 0. The Bertz CT molecular complexity index is 223. The van der Waals surface area contributed by atoms with Gasteiger partial charge in [-0.2, -0.15) is 0 Å². The van der Waals surface area contributed by atoms with E-state index in [1.54, 1.807) is 0 Å². The Kier molecular flexibility index (Phi) is 1.31. The molecule has 0 spiro atoms. The molecule has 2 aliphatic rings. The standard InChI is InChI=1S/C8H10N2/c1-2-7-3-5-9-6-8(7)10-4-1/h1-2,5,10H,3-4,6H2. The molecule has 2 rings (SSSR count). The zero-order chi connectivity index (χ0) is 6.81. The van der Waals surface area contributed by atoms with Crippen LogP contribution in [0.1, 0.15) is 6.42 Å². The molecule has 52 valence electrons. The second kappa shape index (κ2) is 2.29. The van der Waals surface area contributed by atoms with Crippen LogP contribution in [0, 0.1) is 0 Å². The number of hydrogen-bond donors (Lipinski definition) is 1. The zero-order valence-electron chi connectivity index (χ0n) is 5.80. The molecule has 2 aliphatic heterocycles. The lowest BCUT2D eigenvalue weighted by atomic mass is 10.1. The van der Waals surface area contributed by atoms with Gasteiger partial charge in [0.25, 0.3) is 0 Å². The van der Waals surface area contributed by atoms with Gasteiger partial charge in [0, 0.05) is 24.9 Å². The van der Waals surface area contributed by atoms with Crippen molar-refractivity contribution < 1.29 is 0 Å². The number of dihydropyridines is 2. The lowest BCUT2D eigenvalue weighted by Gasteiger charge is -2.18. The minimum Gasteiger partial charge on any atom is -0.383 e. The smallest absolute Gasteiger partial charge is 0.0785 e. The Balaban J connectivity index is 2.25. The molecule has 0 aliphatic carbocycles. The van der Waals surface area contributed by atoms with E-state index >= 15 is 0 Å². The van der Waals surface area contributed by atoms with Crippen LogP contribution in [0.15, 0.2) is 28.4 Å². The minimum absolute atomic E-state index is 0.847. The van der Waals surface area contributed by atoms with E-state index in [2.05, 4.69) is 22.5 Å². The van der Waals surface area contributed by atoms with Crippen molar-refractivity contribution >= 4 is 6.21 Å². The van der Waals surface area contributed by atoms with Gasteiger partial charge < -0.3 is 5.32 Å². The molecule has 1 N–H and O–H groups in total. The lowest BCUT2D eigenvalue weighted by Crippen LogP contribution is -2.22. The molecule has 0 radical (unpaired) electrons. The van der Waals surface area contributed by atoms with Gasteiger partial charge in [-0.15, -0.1) is 0 Å². The van der Waals surface area contributed by atoms with Crippen molar-refractivity contribution in [2.75, 3.05) is 13.1 Å². The van der Waals surface area contributed by atoms with Gasteiger partial charge in [-0.25, -0.2) is 0 Å². The third-order valence-corrected chi connectivity index (χ3v) is 1.83. The van der Waals surface area contributed by atoms with Crippen molar-refractivity contribution in [1.82, 2.24) is 5.32 Å². The monoisotopic (exact) mass is 134 g/mol. The van der Waals surface area contributed by atoms with Gasteiger partial charge >= 0.3 is 0 Å². The number of nitrogens with zero attached hydrogens (tertiary/aromatic N) is 1. The highest BCUT2D eigenvalue weighted by molar-refractivity contribution is 5.65. The van der Waals surface area contributed by atoms with Crippen LogP contribution in [0.2, 0.25) is 0 Å². The van der Waals surface area contributed by atoms with Gasteiger partial charge in [-0.3, -0.25) is 4.99 Å². The molecule has 0 saturated carbocycles. The zero-order valence-corrected chi connectivity index (χ0v) is 5.80. The highest BCUT2D eigenvalue weighted by Crippen LogP contribution is 2.14. The first-order valence-corrected chi connectivity index (χ1v) is 3.57. The summed E-state index contributed by atoms with van der Waals surface area (Å²) in [6, 6.07) is 0. The molecule has 0 aromatic rings. The van der Waals surface area contributed by atoms with Crippen LogP contribution < -0.4 is 5.32 Å². The second-order valence-electron chi connectivity index (χ2n) is 2.51. The minimum atomic E-state index is 0.847. The molecule has 10 heavy (non-hydrogen) atoms. The highest BCUT2D eigenvalue weighted by atomic mass is 14.9. The first-order chi connectivity index (χ1) is 4.97. The summed E-state index contributed by atoms with van der Waals surface area (Å²) >= 11 is 0. The van der Waals surface area contributed by atoms with Crippen molar-refractivity contribution in [3.63, 3.8) is 0 Å². The summed E-state index contributed by atoms with van der Waals surface area (Å²) in [5.74, 6) is 0. The second-order valence-corrected chi connectivity index (χ2v) is 2.51. The fourth-order valence-corrected chi connectivity index (χ4v) is 1.26. The SMILES string of the molecule is C1=CC2=C(CN=CC2)NC1. The van der Waals surface area contributed by atoms with Gasteiger partial charge in [0.15, 0.2) is 0 Å². The van der Waals surface area contributed by atoms with Crippen LogP contribution >= 0.6 is 0 Å². The van der Waals surface area contributed by atoms with Crippen LogP contribution in [0.25, 0.3) is 0 Å². The Labute approximate surface area is 60.3 Å².